The number of alkyl halides is 6. The molecule has 0 radical (unpaired) electrons. The third-order valence-corrected chi connectivity index (χ3v) is 6.08. The Balaban J connectivity index is 0.000000559. The molecular weight excluding hydrogens is 551 g/mol. The van der Waals surface area contributed by atoms with E-state index in [2.05, 4.69) is 10.6 Å². The minimum atomic E-state index is -5.08. The van der Waals surface area contributed by atoms with E-state index >= 15 is 0 Å². The maximum Gasteiger partial charge on any atom is 0.490 e. The van der Waals surface area contributed by atoms with Gasteiger partial charge in [0.15, 0.2) is 0 Å². The molecule has 0 spiro atoms. The number of carbonyl (C=O) groups is 2. The van der Waals surface area contributed by atoms with Crippen LogP contribution in [0.15, 0.2) is 40.8 Å². The van der Waals surface area contributed by atoms with Crippen molar-refractivity contribution in [1.29, 1.82) is 5.26 Å². The van der Waals surface area contributed by atoms with Gasteiger partial charge in [-0.15, -0.1) is 0 Å². The smallest absolute Gasteiger partial charge is 0.475 e. The van der Waals surface area contributed by atoms with Gasteiger partial charge in [-0.3, -0.25) is 10.1 Å². The van der Waals surface area contributed by atoms with Crippen molar-refractivity contribution in [2.75, 3.05) is 0 Å². The van der Waals surface area contributed by atoms with Crippen molar-refractivity contribution in [1.82, 2.24) is 10.6 Å². The molecule has 1 heterocycles. The van der Waals surface area contributed by atoms with Crippen molar-refractivity contribution >= 4 is 33.8 Å². The summed E-state index contributed by atoms with van der Waals surface area (Å²) >= 11 is 0. The van der Waals surface area contributed by atoms with Gasteiger partial charge in [-0.1, -0.05) is 26.0 Å². The van der Waals surface area contributed by atoms with E-state index in [4.69, 9.17) is 14.3 Å². The topological polar surface area (TPSA) is 115 Å². The Morgan fingerprint density at radius 3 is 2.08 bits per heavy atom. The number of hydrogen-bond donors (Lipinski definition) is 3. The Morgan fingerprint density at radius 2 is 1.60 bits per heavy atom. The number of carboxylic acid groups (broad SMARTS) is 1. The fraction of sp³-hybridized carbons (Fsp3) is 0.423. The molecule has 1 fully saturated rings. The molecule has 3 aromatic rings. The quantitative estimate of drug-likeness (QED) is 0.292. The number of nitriles is 1. The molecule has 14 heteroatoms. The van der Waals surface area contributed by atoms with Crippen LogP contribution in [-0.4, -0.2) is 40.9 Å². The lowest BCUT2D eigenvalue weighted by atomic mass is 9.98. The number of carbonyl (C=O) groups excluding carboxylic acids is 1. The summed E-state index contributed by atoms with van der Waals surface area (Å²) in [6.07, 6.45) is -8.66. The van der Waals surface area contributed by atoms with Gasteiger partial charge in [0.25, 0.3) is 0 Å². The minimum Gasteiger partial charge on any atom is -0.475 e. The highest BCUT2D eigenvalue weighted by Gasteiger charge is 2.47. The van der Waals surface area contributed by atoms with E-state index in [1.807, 2.05) is 6.07 Å². The number of benzene rings is 2. The van der Waals surface area contributed by atoms with Crippen LogP contribution in [0.3, 0.4) is 0 Å². The van der Waals surface area contributed by atoms with E-state index in [1.54, 1.807) is 13.8 Å². The van der Waals surface area contributed by atoms with Gasteiger partial charge in [-0.2, -0.15) is 31.6 Å². The molecule has 2 unspecified atom stereocenters. The summed E-state index contributed by atoms with van der Waals surface area (Å²) in [5.74, 6) is -3.96. The monoisotopic (exact) mass is 575 g/mol. The second-order valence-corrected chi connectivity index (χ2v) is 9.81. The van der Waals surface area contributed by atoms with Crippen molar-refractivity contribution in [3.8, 4) is 6.07 Å². The molecule has 1 amide bonds. The first-order valence-electron chi connectivity index (χ1n) is 11.9. The molecular formula is C26H24F7N3O4. The average molecular weight is 575 g/mol. The summed E-state index contributed by atoms with van der Waals surface area (Å²) < 4.78 is 93.2. The Labute approximate surface area is 222 Å². The van der Waals surface area contributed by atoms with Crippen molar-refractivity contribution < 1.29 is 49.8 Å². The van der Waals surface area contributed by atoms with E-state index in [0.29, 0.717) is 23.6 Å². The summed E-state index contributed by atoms with van der Waals surface area (Å²) in [6, 6.07) is 6.78. The number of aliphatic carboxylic acids is 1. The first-order chi connectivity index (χ1) is 18.5. The van der Waals surface area contributed by atoms with Gasteiger partial charge in [-0.25, -0.2) is 9.18 Å². The third-order valence-electron chi connectivity index (χ3n) is 6.08. The summed E-state index contributed by atoms with van der Waals surface area (Å²) in [7, 11) is 0. The van der Waals surface area contributed by atoms with Gasteiger partial charge in [0.05, 0.1) is 12.1 Å². The molecule has 40 heavy (non-hydrogen) atoms. The summed E-state index contributed by atoms with van der Waals surface area (Å²) in [5.41, 5.74) is -0.681. The number of nitrogens with one attached hydrogen (secondary N) is 2. The number of hydrogen-bond acceptors (Lipinski definition) is 5. The van der Waals surface area contributed by atoms with Gasteiger partial charge in [0, 0.05) is 16.8 Å². The van der Waals surface area contributed by atoms with E-state index < -0.39 is 47.7 Å². The van der Waals surface area contributed by atoms with E-state index in [0.717, 1.165) is 0 Å². The first kappa shape index (κ1) is 30.7. The summed E-state index contributed by atoms with van der Waals surface area (Å²) in [6.45, 7) is 3.61. The molecule has 1 aromatic heterocycles. The Kier molecular flexibility index (Phi) is 8.69. The summed E-state index contributed by atoms with van der Waals surface area (Å²) in [4.78, 5) is 21.7. The van der Waals surface area contributed by atoms with Crippen LogP contribution in [0.4, 0.5) is 30.7 Å². The molecule has 0 bridgehead atoms. The normalized spacial score (nSPS) is 16.1. The zero-order chi connectivity index (χ0) is 30.0. The van der Waals surface area contributed by atoms with Gasteiger partial charge in [0.2, 0.25) is 5.91 Å². The molecule has 4 rings (SSSR count). The Morgan fingerprint density at radius 1 is 1.05 bits per heavy atom. The van der Waals surface area contributed by atoms with Crippen LogP contribution in [0, 0.1) is 23.1 Å². The van der Waals surface area contributed by atoms with Crippen LogP contribution in [0.25, 0.3) is 21.9 Å². The zero-order valence-corrected chi connectivity index (χ0v) is 21.1. The van der Waals surface area contributed by atoms with Crippen LogP contribution in [0.5, 0.6) is 0 Å². The highest BCUT2D eigenvalue weighted by atomic mass is 19.4. The number of furan rings is 1. The molecule has 0 aliphatic heterocycles. The highest BCUT2D eigenvalue weighted by molar-refractivity contribution is 6.05. The number of fused-ring (bicyclic) bond motifs is 3. The van der Waals surface area contributed by atoms with Gasteiger partial charge < -0.3 is 14.8 Å². The minimum absolute atomic E-state index is 0.0629. The number of amides is 1. The van der Waals surface area contributed by atoms with E-state index in [1.165, 1.54) is 36.4 Å². The second kappa shape index (κ2) is 11.3. The van der Waals surface area contributed by atoms with E-state index in [-0.39, 0.29) is 29.1 Å². The lowest BCUT2D eigenvalue weighted by Gasteiger charge is -2.29. The third kappa shape index (κ3) is 7.41. The van der Waals surface area contributed by atoms with Crippen molar-refractivity contribution in [2.24, 2.45) is 5.92 Å². The second-order valence-electron chi connectivity index (χ2n) is 9.81. The van der Waals surface area contributed by atoms with Crippen molar-refractivity contribution in [3.63, 3.8) is 0 Å². The average Bonchev–Trinajstić information content (AvgIpc) is 3.51. The number of rotatable bonds is 7. The van der Waals surface area contributed by atoms with Gasteiger partial charge in [0.1, 0.15) is 28.6 Å². The molecule has 0 saturated heterocycles. The van der Waals surface area contributed by atoms with Crippen LogP contribution in [0.2, 0.25) is 0 Å². The van der Waals surface area contributed by atoms with Gasteiger partial charge in [-0.05, 0) is 48.9 Å². The zero-order valence-electron chi connectivity index (χ0n) is 21.1. The molecule has 1 aliphatic carbocycles. The van der Waals surface area contributed by atoms with Gasteiger partial charge >= 0.3 is 18.3 Å². The van der Waals surface area contributed by atoms with Crippen LogP contribution in [-0.2, 0) is 9.59 Å². The summed E-state index contributed by atoms with van der Waals surface area (Å²) in [5, 5.41) is 22.6. The predicted octanol–water partition coefficient (Wildman–Crippen LogP) is 6.14. The number of carboxylic acids is 1. The molecule has 2 aromatic carbocycles. The number of halogens is 7. The molecule has 216 valence electrons. The molecule has 1 aliphatic rings. The lowest BCUT2D eigenvalue weighted by Crippen LogP contribution is -2.52. The Bertz CT molecular complexity index is 1440. The standard InChI is InChI=1S/C24H23F4N3O2.C2HF3O2/c1-13(2)9-18(22(32)31-23(12-29)7-8-23)30-21(24(26,27)28)14-3-5-16-17-6-4-15(25)11-20(17)33-19(16)10-14;3-2(4,5)1(6)7/h3-6,10-11,13,18,21,30H,7-9H2,1-2H3,(H,31,32);(H,6,7). The van der Waals surface area contributed by atoms with Crippen LogP contribution < -0.4 is 10.6 Å². The van der Waals surface area contributed by atoms with Crippen LogP contribution >= 0.6 is 0 Å². The van der Waals surface area contributed by atoms with Crippen molar-refractivity contribution in [3.05, 3.63) is 47.8 Å². The fourth-order valence-corrected chi connectivity index (χ4v) is 3.96. The maximum atomic E-state index is 14.1. The maximum absolute atomic E-state index is 14.1. The SMILES string of the molecule is CC(C)CC(NC(c1ccc2c(c1)oc1cc(F)ccc12)C(F)(F)F)C(=O)NC1(C#N)CC1.O=C(O)C(F)(F)F. The molecule has 2 atom stereocenters. The molecule has 7 nitrogen and oxygen atoms in total. The van der Waals surface area contributed by atoms with E-state index in [9.17, 15) is 40.8 Å². The first-order valence-corrected chi connectivity index (χ1v) is 11.9. The lowest BCUT2D eigenvalue weighted by molar-refractivity contribution is -0.192. The highest BCUT2D eigenvalue weighted by Crippen LogP contribution is 2.38. The predicted molar refractivity (Wildman–Crippen MR) is 128 cm³/mol. The molecule has 3 N–H and O–H groups in total. The largest absolute Gasteiger partial charge is 0.490 e. The molecule has 1 saturated carbocycles. The Hall–Kier alpha value is -3.86. The fourth-order valence-electron chi connectivity index (χ4n) is 3.96. The number of nitrogens with zero attached hydrogens (tertiary/aromatic N) is 1. The van der Waals surface area contributed by atoms with Crippen LogP contribution in [0.1, 0.15) is 44.7 Å². The van der Waals surface area contributed by atoms with Crippen molar-refractivity contribution in [2.45, 2.75) is 63.1 Å².